The summed E-state index contributed by atoms with van der Waals surface area (Å²) in [6.07, 6.45) is 0. The number of carbonyl (C=O) groups is 4. The van der Waals surface area contributed by atoms with Gasteiger partial charge in [-0.05, 0) is 12.1 Å². The van der Waals surface area contributed by atoms with Crippen molar-refractivity contribution in [3.63, 3.8) is 0 Å². The van der Waals surface area contributed by atoms with Crippen LogP contribution in [0.3, 0.4) is 0 Å². The van der Waals surface area contributed by atoms with E-state index in [1.807, 2.05) is 0 Å². The molecule has 0 atom stereocenters. The second-order valence-electron chi connectivity index (χ2n) is 6.53. The second-order valence-corrected chi connectivity index (χ2v) is 6.53. The van der Waals surface area contributed by atoms with Gasteiger partial charge in [0.25, 0.3) is 0 Å². The van der Waals surface area contributed by atoms with Crippen molar-refractivity contribution in [3.05, 3.63) is 69.8 Å². The number of Topliss-reactive ketones (excluding diaryl/α,β-unsaturated/α-hetero) is 4. The minimum Gasteiger partial charge on any atom is -0.506 e. The van der Waals surface area contributed by atoms with Crippen LogP contribution < -0.4 is 9.47 Å². The molecule has 0 saturated heterocycles. The molecule has 150 valence electrons. The molecule has 2 aliphatic carbocycles. The van der Waals surface area contributed by atoms with Gasteiger partial charge in [-0.15, -0.1) is 0 Å². The van der Waals surface area contributed by atoms with E-state index in [9.17, 15) is 29.4 Å². The van der Waals surface area contributed by atoms with Crippen LogP contribution in [0.15, 0.2) is 47.5 Å². The number of fused-ring (bicyclic) bond motifs is 2. The van der Waals surface area contributed by atoms with Gasteiger partial charge in [-0.1, -0.05) is 24.3 Å². The minimum atomic E-state index is -1.24. The third-order valence-corrected chi connectivity index (χ3v) is 5.05. The number of carbonyl (C=O) groups excluding carboxylic acids is 4. The lowest BCUT2D eigenvalue weighted by Crippen LogP contribution is -2.32. The van der Waals surface area contributed by atoms with Crippen molar-refractivity contribution in [2.75, 3.05) is 14.2 Å². The van der Waals surface area contributed by atoms with Gasteiger partial charge < -0.3 is 19.7 Å². The van der Waals surface area contributed by atoms with Crippen LogP contribution in [0.5, 0.6) is 11.5 Å². The normalized spacial score (nSPS) is 15.9. The lowest BCUT2D eigenvalue weighted by atomic mass is 9.78. The van der Waals surface area contributed by atoms with E-state index >= 15 is 0 Å². The average molecular weight is 406 g/mol. The third-order valence-electron chi connectivity index (χ3n) is 5.05. The number of ketones is 4. The first-order valence-electron chi connectivity index (χ1n) is 8.73. The summed E-state index contributed by atoms with van der Waals surface area (Å²) < 4.78 is 10.2. The number of allylic oxidation sites excluding steroid dienone is 2. The Balaban J connectivity index is 2.06. The summed E-state index contributed by atoms with van der Waals surface area (Å²) in [6, 6.07) is 8.57. The van der Waals surface area contributed by atoms with E-state index in [-0.39, 0.29) is 33.8 Å². The first kappa shape index (κ1) is 19.1. The number of rotatable bonds is 3. The van der Waals surface area contributed by atoms with E-state index in [2.05, 4.69) is 0 Å². The minimum absolute atomic E-state index is 0.0501. The molecular weight excluding hydrogens is 392 g/mol. The molecule has 8 heteroatoms. The van der Waals surface area contributed by atoms with Crippen molar-refractivity contribution >= 4 is 34.7 Å². The van der Waals surface area contributed by atoms with Gasteiger partial charge in [0.2, 0.25) is 23.1 Å². The van der Waals surface area contributed by atoms with Crippen molar-refractivity contribution in [2.45, 2.75) is 0 Å². The fraction of sp³-hybridized carbons (Fsp3) is 0.0909. The highest BCUT2D eigenvalue weighted by Crippen LogP contribution is 2.41. The molecule has 0 unspecified atom stereocenters. The fourth-order valence-electron chi connectivity index (χ4n) is 3.67. The monoisotopic (exact) mass is 406 g/mol. The third kappa shape index (κ3) is 2.40. The van der Waals surface area contributed by atoms with Gasteiger partial charge in [0.05, 0.1) is 36.5 Å². The Morgan fingerprint density at radius 3 is 1.30 bits per heavy atom. The largest absolute Gasteiger partial charge is 0.506 e. The highest BCUT2D eigenvalue weighted by Gasteiger charge is 2.44. The van der Waals surface area contributed by atoms with E-state index in [4.69, 9.17) is 9.47 Å². The number of hydrogen-bond donors (Lipinski definition) is 2. The van der Waals surface area contributed by atoms with Crippen LogP contribution in [-0.4, -0.2) is 47.6 Å². The van der Waals surface area contributed by atoms with E-state index in [1.165, 1.54) is 50.6 Å². The maximum Gasteiger partial charge on any atom is 0.238 e. The van der Waals surface area contributed by atoms with Crippen molar-refractivity contribution in [1.29, 1.82) is 0 Å². The fourth-order valence-corrected chi connectivity index (χ4v) is 3.67. The smallest absolute Gasteiger partial charge is 0.238 e. The molecule has 0 aromatic heterocycles. The summed E-state index contributed by atoms with van der Waals surface area (Å²) >= 11 is 0. The molecule has 0 aliphatic heterocycles. The zero-order chi connectivity index (χ0) is 21.7. The van der Waals surface area contributed by atoms with Crippen LogP contribution in [-0.2, 0) is 9.59 Å². The highest BCUT2D eigenvalue weighted by molar-refractivity contribution is 6.60. The van der Waals surface area contributed by atoms with Gasteiger partial charge in [0.15, 0.2) is 0 Å². The summed E-state index contributed by atoms with van der Waals surface area (Å²) in [5.41, 5.74) is -1.89. The topological polar surface area (TPSA) is 127 Å². The number of aliphatic hydroxyl groups is 2. The summed E-state index contributed by atoms with van der Waals surface area (Å²) in [7, 11) is 2.59. The van der Waals surface area contributed by atoms with Gasteiger partial charge in [-0.3, -0.25) is 19.2 Å². The van der Waals surface area contributed by atoms with Crippen LogP contribution in [0.2, 0.25) is 0 Å². The molecule has 2 aliphatic rings. The molecule has 0 heterocycles. The SMILES string of the molecule is COc1cccc2c1C(=O)C(=O)C(C1=C(O)c3cccc(OC)c3C(=O)C1=O)=C2O. The first-order valence-corrected chi connectivity index (χ1v) is 8.73. The van der Waals surface area contributed by atoms with Crippen molar-refractivity contribution in [1.82, 2.24) is 0 Å². The molecule has 0 fully saturated rings. The van der Waals surface area contributed by atoms with Crippen molar-refractivity contribution < 1.29 is 38.9 Å². The second kappa shape index (κ2) is 6.70. The van der Waals surface area contributed by atoms with Crippen LogP contribution in [0.4, 0.5) is 0 Å². The predicted molar refractivity (Wildman–Crippen MR) is 104 cm³/mol. The molecule has 0 spiro atoms. The Kier molecular flexibility index (Phi) is 4.27. The standard InChI is InChI=1S/C22H14O8/c1-29-11-7-3-5-9-13(11)19(25)21(27)15(17(9)23)16-18(24)10-6-4-8-12(30-2)14(10)20(26)22(16)28/h3-8,23-24H,1-2H3. The molecule has 2 N–H and O–H groups in total. The van der Waals surface area contributed by atoms with Gasteiger partial charge in [0.1, 0.15) is 23.0 Å². The molecular formula is C22H14O8. The van der Waals surface area contributed by atoms with Crippen LogP contribution in [0.25, 0.3) is 11.5 Å². The molecule has 30 heavy (non-hydrogen) atoms. The summed E-state index contributed by atoms with van der Waals surface area (Å²) in [6.45, 7) is 0. The lowest BCUT2D eigenvalue weighted by Gasteiger charge is -2.24. The molecule has 2 aromatic rings. The van der Waals surface area contributed by atoms with Crippen molar-refractivity contribution in [3.8, 4) is 11.5 Å². The van der Waals surface area contributed by atoms with Crippen molar-refractivity contribution in [2.24, 2.45) is 0 Å². The van der Waals surface area contributed by atoms with Crippen LogP contribution >= 0.6 is 0 Å². The Morgan fingerprint density at radius 2 is 0.967 bits per heavy atom. The number of aliphatic hydroxyl groups excluding tert-OH is 2. The summed E-state index contributed by atoms with van der Waals surface area (Å²) in [5, 5.41) is 21.5. The Morgan fingerprint density at radius 1 is 0.600 bits per heavy atom. The van der Waals surface area contributed by atoms with Gasteiger partial charge in [0, 0.05) is 11.1 Å². The Hall–Kier alpha value is -4.20. The first-order chi connectivity index (χ1) is 14.3. The number of ether oxygens (including phenoxy) is 2. The molecule has 4 rings (SSSR count). The highest BCUT2D eigenvalue weighted by atomic mass is 16.5. The van der Waals surface area contributed by atoms with Gasteiger partial charge in [-0.2, -0.15) is 0 Å². The van der Waals surface area contributed by atoms with Gasteiger partial charge in [-0.25, -0.2) is 0 Å². The molecule has 0 radical (unpaired) electrons. The quantitative estimate of drug-likeness (QED) is 0.744. The van der Waals surface area contributed by atoms with Gasteiger partial charge >= 0.3 is 0 Å². The molecule has 0 saturated carbocycles. The van der Waals surface area contributed by atoms with Crippen LogP contribution in [0.1, 0.15) is 31.8 Å². The number of methoxy groups -OCH3 is 2. The zero-order valence-electron chi connectivity index (χ0n) is 15.8. The van der Waals surface area contributed by atoms with E-state index in [0.29, 0.717) is 0 Å². The van der Waals surface area contributed by atoms with E-state index in [0.717, 1.165) is 0 Å². The predicted octanol–water partition coefficient (Wildman–Crippen LogP) is 2.47. The summed E-state index contributed by atoms with van der Waals surface area (Å²) in [5.74, 6) is -5.83. The molecule has 0 amide bonds. The zero-order valence-corrected chi connectivity index (χ0v) is 15.8. The molecule has 2 aromatic carbocycles. The molecule has 8 nitrogen and oxygen atoms in total. The lowest BCUT2D eigenvalue weighted by molar-refractivity contribution is -0.114. The maximum absolute atomic E-state index is 12.8. The number of hydrogen-bond acceptors (Lipinski definition) is 8. The van der Waals surface area contributed by atoms with E-state index < -0.39 is 45.8 Å². The summed E-state index contributed by atoms with van der Waals surface area (Å²) in [4.78, 5) is 51.2. The maximum atomic E-state index is 12.8. The van der Waals surface area contributed by atoms with E-state index in [1.54, 1.807) is 0 Å². The number of benzene rings is 2. The Bertz CT molecular complexity index is 1150. The van der Waals surface area contributed by atoms with Crippen LogP contribution in [0, 0.1) is 0 Å². The average Bonchev–Trinajstić information content (AvgIpc) is 2.77. The Labute approximate surface area is 169 Å². The molecule has 0 bridgehead atoms.